The van der Waals surface area contributed by atoms with E-state index in [2.05, 4.69) is 29.1 Å². The number of rotatable bonds is 4. The number of nitrogens with one attached hydrogen (secondary N) is 2. The molecule has 1 heterocycles. The third kappa shape index (κ3) is 3.26. The van der Waals surface area contributed by atoms with Crippen LogP contribution in [0.1, 0.15) is 41.6 Å². The fraction of sp³-hybridized carbons (Fsp3) is 0.263. The first-order chi connectivity index (χ1) is 11.0. The Labute approximate surface area is 136 Å². The summed E-state index contributed by atoms with van der Waals surface area (Å²) in [5, 5.41) is 3.10. The van der Waals surface area contributed by atoms with Crippen LogP contribution in [0.4, 0.5) is 0 Å². The number of para-hydroxylation sites is 2. The molecule has 0 radical (unpaired) electrons. The molecule has 0 bridgehead atoms. The Morgan fingerprint density at radius 1 is 1.13 bits per heavy atom. The molecule has 0 saturated carbocycles. The molecule has 3 rings (SSSR count). The quantitative estimate of drug-likeness (QED) is 0.765. The summed E-state index contributed by atoms with van der Waals surface area (Å²) in [6.07, 6.45) is 0. The SMILES string of the molecule is Cc1cccc(C(=O)N[C@H](c2nc3ccccc3[nH]2)C(C)C)c1. The van der Waals surface area contributed by atoms with Crippen molar-refractivity contribution in [3.63, 3.8) is 0 Å². The number of imidazole rings is 1. The molecule has 0 aliphatic rings. The van der Waals surface area contributed by atoms with E-state index in [-0.39, 0.29) is 17.9 Å². The van der Waals surface area contributed by atoms with E-state index < -0.39 is 0 Å². The second-order valence-corrected chi connectivity index (χ2v) is 6.20. The highest BCUT2D eigenvalue weighted by Gasteiger charge is 2.22. The van der Waals surface area contributed by atoms with Crippen molar-refractivity contribution in [1.29, 1.82) is 0 Å². The molecule has 2 aromatic carbocycles. The van der Waals surface area contributed by atoms with Crippen LogP contribution in [-0.4, -0.2) is 15.9 Å². The van der Waals surface area contributed by atoms with Gasteiger partial charge in [0.1, 0.15) is 5.82 Å². The predicted octanol–water partition coefficient (Wildman–Crippen LogP) is 4.00. The van der Waals surface area contributed by atoms with Gasteiger partial charge in [-0.1, -0.05) is 43.7 Å². The number of carbonyl (C=O) groups is 1. The highest BCUT2D eigenvalue weighted by molar-refractivity contribution is 5.94. The van der Waals surface area contributed by atoms with E-state index in [0.717, 1.165) is 22.4 Å². The summed E-state index contributed by atoms with van der Waals surface area (Å²) in [4.78, 5) is 20.5. The summed E-state index contributed by atoms with van der Waals surface area (Å²) in [5.41, 5.74) is 3.64. The lowest BCUT2D eigenvalue weighted by Gasteiger charge is -2.20. The molecule has 0 fully saturated rings. The van der Waals surface area contributed by atoms with Crippen LogP contribution in [0.15, 0.2) is 48.5 Å². The third-order valence-electron chi connectivity index (χ3n) is 3.94. The van der Waals surface area contributed by atoms with Gasteiger partial charge in [0.2, 0.25) is 0 Å². The van der Waals surface area contributed by atoms with Gasteiger partial charge in [0, 0.05) is 5.56 Å². The molecule has 0 aliphatic carbocycles. The van der Waals surface area contributed by atoms with Crippen molar-refractivity contribution in [2.75, 3.05) is 0 Å². The maximum atomic E-state index is 12.5. The number of carbonyl (C=O) groups excluding carboxylic acids is 1. The van der Waals surface area contributed by atoms with Crippen LogP contribution in [0.25, 0.3) is 11.0 Å². The minimum Gasteiger partial charge on any atom is -0.342 e. The van der Waals surface area contributed by atoms with Crippen molar-refractivity contribution >= 4 is 16.9 Å². The molecule has 2 N–H and O–H groups in total. The first-order valence-corrected chi connectivity index (χ1v) is 7.87. The molecule has 1 aromatic heterocycles. The highest BCUT2D eigenvalue weighted by atomic mass is 16.1. The Morgan fingerprint density at radius 3 is 2.61 bits per heavy atom. The van der Waals surface area contributed by atoms with Gasteiger partial charge in [-0.25, -0.2) is 4.98 Å². The average molecular weight is 307 g/mol. The van der Waals surface area contributed by atoms with Gasteiger partial charge >= 0.3 is 0 Å². The number of aryl methyl sites for hydroxylation is 1. The monoisotopic (exact) mass is 307 g/mol. The summed E-state index contributed by atoms with van der Waals surface area (Å²) in [6, 6.07) is 15.3. The van der Waals surface area contributed by atoms with Gasteiger partial charge in [0.25, 0.3) is 5.91 Å². The number of hydrogen-bond donors (Lipinski definition) is 2. The highest BCUT2D eigenvalue weighted by Crippen LogP contribution is 2.22. The normalized spacial score (nSPS) is 12.5. The Morgan fingerprint density at radius 2 is 1.91 bits per heavy atom. The second kappa shape index (κ2) is 6.24. The lowest BCUT2D eigenvalue weighted by atomic mass is 10.0. The van der Waals surface area contributed by atoms with Crippen LogP contribution >= 0.6 is 0 Å². The number of benzene rings is 2. The van der Waals surface area contributed by atoms with E-state index in [1.807, 2.05) is 55.5 Å². The minimum atomic E-state index is -0.157. The predicted molar refractivity (Wildman–Crippen MR) is 92.3 cm³/mol. The van der Waals surface area contributed by atoms with Crippen LogP contribution in [0.3, 0.4) is 0 Å². The number of aromatic nitrogens is 2. The topological polar surface area (TPSA) is 57.8 Å². The summed E-state index contributed by atoms with van der Waals surface area (Å²) in [6.45, 7) is 6.14. The molecular formula is C19H21N3O. The largest absolute Gasteiger partial charge is 0.342 e. The van der Waals surface area contributed by atoms with Crippen molar-refractivity contribution in [3.8, 4) is 0 Å². The van der Waals surface area contributed by atoms with E-state index in [0.29, 0.717) is 5.56 Å². The third-order valence-corrected chi connectivity index (χ3v) is 3.94. The van der Waals surface area contributed by atoms with Crippen LogP contribution in [0.5, 0.6) is 0 Å². The molecule has 118 valence electrons. The van der Waals surface area contributed by atoms with E-state index >= 15 is 0 Å². The summed E-state index contributed by atoms with van der Waals surface area (Å²) < 4.78 is 0. The molecule has 4 nitrogen and oxygen atoms in total. The first kappa shape index (κ1) is 15.3. The van der Waals surface area contributed by atoms with Crippen LogP contribution in [0, 0.1) is 12.8 Å². The maximum Gasteiger partial charge on any atom is 0.251 e. The fourth-order valence-electron chi connectivity index (χ4n) is 2.68. The number of amides is 1. The molecule has 0 spiro atoms. The number of hydrogen-bond acceptors (Lipinski definition) is 2. The number of aromatic amines is 1. The van der Waals surface area contributed by atoms with Gasteiger partial charge in [-0.15, -0.1) is 0 Å². The summed E-state index contributed by atoms with van der Waals surface area (Å²) in [7, 11) is 0. The zero-order valence-corrected chi connectivity index (χ0v) is 13.6. The van der Waals surface area contributed by atoms with Gasteiger partial charge in [0.05, 0.1) is 17.1 Å². The second-order valence-electron chi connectivity index (χ2n) is 6.20. The molecule has 0 saturated heterocycles. The molecule has 1 atom stereocenters. The summed E-state index contributed by atoms with van der Waals surface area (Å²) >= 11 is 0. The number of fused-ring (bicyclic) bond motifs is 1. The molecule has 1 amide bonds. The zero-order chi connectivity index (χ0) is 16.4. The van der Waals surface area contributed by atoms with Gasteiger partial charge in [-0.3, -0.25) is 4.79 Å². The van der Waals surface area contributed by atoms with Crippen molar-refractivity contribution in [2.45, 2.75) is 26.8 Å². The van der Waals surface area contributed by atoms with Gasteiger partial charge < -0.3 is 10.3 Å². The lowest BCUT2D eigenvalue weighted by molar-refractivity contribution is 0.0923. The zero-order valence-electron chi connectivity index (χ0n) is 13.6. The van der Waals surface area contributed by atoms with E-state index in [4.69, 9.17) is 0 Å². The lowest BCUT2D eigenvalue weighted by Crippen LogP contribution is -2.32. The number of H-pyrrole nitrogens is 1. The van der Waals surface area contributed by atoms with Crippen LogP contribution in [0.2, 0.25) is 0 Å². The van der Waals surface area contributed by atoms with E-state index in [1.54, 1.807) is 0 Å². The van der Waals surface area contributed by atoms with Crippen molar-refractivity contribution in [2.24, 2.45) is 5.92 Å². The van der Waals surface area contributed by atoms with E-state index in [9.17, 15) is 4.79 Å². The van der Waals surface area contributed by atoms with Gasteiger partial charge in [0.15, 0.2) is 0 Å². The smallest absolute Gasteiger partial charge is 0.251 e. The standard InChI is InChI=1S/C19H21N3O/c1-12(2)17(18-20-15-9-4-5-10-16(15)21-18)22-19(23)14-8-6-7-13(3)11-14/h4-12,17H,1-3H3,(H,20,21)(H,22,23)/t17-/m0/s1. The Hall–Kier alpha value is -2.62. The van der Waals surface area contributed by atoms with Crippen molar-refractivity contribution in [3.05, 3.63) is 65.5 Å². The summed E-state index contributed by atoms with van der Waals surface area (Å²) in [5.74, 6) is 0.944. The average Bonchev–Trinajstić information content (AvgIpc) is 2.95. The molecule has 23 heavy (non-hydrogen) atoms. The molecular weight excluding hydrogens is 286 g/mol. The molecule has 4 heteroatoms. The van der Waals surface area contributed by atoms with Crippen molar-refractivity contribution in [1.82, 2.24) is 15.3 Å². The Balaban J connectivity index is 1.88. The Bertz CT molecular complexity index is 802. The number of nitrogens with zero attached hydrogens (tertiary/aromatic N) is 1. The Kier molecular flexibility index (Phi) is 4.15. The first-order valence-electron chi connectivity index (χ1n) is 7.87. The van der Waals surface area contributed by atoms with Crippen LogP contribution in [-0.2, 0) is 0 Å². The van der Waals surface area contributed by atoms with E-state index in [1.165, 1.54) is 0 Å². The van der Waals surface area contributed by atoms with Gasteiger partial charge in [-0.05, 0) is 37.1 Å². The molecule has 0 aliphatic heterocycles. The molecule has 3 aromatic rings. The maximum absolute atomic E-state index is 12.5. The van der Waals surface area contributed by atoms with Gasteiger partial charge in [-0.2, -0.15) is 0 Å². The van der Waals surface area contributed by atoms with Crippen molar-refractivity contribution < 1.29 is 4.79 Å². The van der Waals surface area contributed by atoms with Crippen LogP contribution < -0.4 is 5.32 Å². The molecule has 0 unspecified atom stereocenters. The fourth-order valence-corrected chi connectivity index (χ4v) is 2.68. The minimum absolute atomic E-state index is 0.0761.